The molecule has 1 amide bonds. The van der Waals surface area contributed by atoms with Gasteiger partial charge in [0.1, 0.15) is 17.8 Å². The second kappa shape index (κ2) is 6.03. The molecule has 1 aromatic carbocycles. The lowest BCUT2D eigenvalue weighted by Crippen LogP contribution is -2.26. The number of fused-ring (bicyclic) bond motifs is 1. The normalized spacial score (nSPS) is 10.8. The molecule has 0 atom stereocenters. The lowest BCUT2D eigenvalue weighted by molar-refractivity contribution is 0.0690. The van der Waals surface area contributed by atoms with Crippen LogP contribution in [0.1, 0.15) is 32.1 Å². The Morgan fingerprint density at radius 3 is 2.83 bits per heavy atom. The summed E-state index contributed by atoms with van der Waals surface area (Å²) in [5, 5.41) is 15.6. The monoisotopic (exact) mass is 329 g/mol. The van der Waals surface area contributed by atoms with E-state index in [4.69, 9.17) is 5.11 Å². The van der Waals surface area contributed by atoms with Gasteiger partial charge < -0.3 is 10.4 Å². The molecule has 0 aliphatic heterocycles. The number of benzene rings is 1. The molecule has 2 N–H and O–H groups in total. The molecule has 0 bridgehead atoms. The van der Waals surface area contributed by atoms with E-state index in [2.05, 4.69) is 20.4 Å². The number of nitrogens with one attached hydrogen (secondary N) is 1. The first-order valence-electron chi connectivity index (χ1n) is 6.93. The van der Waals surface area contributed by atoms with Gasteiger partial charge in [-0.05, 0) is 24.1 Å². The fraction of sp³-hybridized carbons (Fsp3) is 0.133. The molecular weight excluding hydrogens is 317 g/mol. The fourth-order valence-corrected chi connectivity index (χ4v) is 2.17. The van der Waals surface area contributed by atoms with Crippen molar-refractivity contribution < 1.29 is 19.1 Å². The van der Waals surface area contributed by atoms with E-state index < -0.39 is 11.9 Å². The molecule has 8 nitrogen and oxygen atoms in total. The van der Waals surface area contributed by atoms with Crippen molar-refractivity contribution in [2.45, 2.75) is 13.5 Å². The van der Waals surface area contributed by atoms with E-state index in [-0.39, 0.29) is 29.5 Å². The second-order valence-electron chi connectivity index (χ2n) is 5.07. The molecule has 24 heavy (non-hydrogen) atoms. The van der Waals surface area contributed by atoms with Crippen molar-refractivity contribution in [3.05, 3.63) is 58.9 Å². The summed E-state index contributed by atoms with van der Waals surface area (Å²) >= 11 is 0. The zero-order valence-corrected chi connectivity index (χ0v) is 12.5. The third kappa shape index (κ3) is 2.91. The second-order valence-corrected chi connectivity index (χ2v) is 5.07. The predicted octanol–water partition coefficient (Wildman–Crippen LogP) is 1.20. The van der Waals surface area contributed by atoms with Gasteiger partial charge in [0.25, 0.3) is 11.7 Å². The van der Waals surface area contributed by atoms with Crippen LogP contribution in [0, 0.1) is 12.7 Å². The number of carboxylic acid groups (broad SMARTS) is 1. The Labute approximate surface area is 135 Å². The molecule has 122 valence electrons. The van der Waals surface area contributed by atoms with Crippen LogP contribution in [0.5, 0.6) is 0 Å². The summed E-state index contributed by atoms with van der Waals surface area (Å²) in [6, 6.07) is 5.62. The zero-order valence-electron chi connectivity index (χ0n) is 12.5. The molecule has 3 rings (SSSR count). The van der Waals surface area contributed by atoms with Gasteiger partial charge in [-0.3, -0.25) is 4.79 Å². The number of aromatic carboxylic acids is 1. The highest BCUT2D eigenvalue weighted by atomic mass is 19.1. The Hall–Kier alpha value is -3.36. The van der Waals surface area contributed by atoms with E-state index in [1.807, 2.05) is 0 Å². The van der Waals surface area contributed by atoms with Crippen molar-refractivity contribution in [3.63, 3.8) is 0 Å². The average Bonchev–Trinajstić information content (AvgIpc) is 3.03. The molecule has 0 saturated carbocycles. The molecular formula is C15H12FN5O3. The number of aromatic nitrogens is 4. The van der Waals surface area contributed by atoms with Gasteiger partial charge in [0.15, 0.2) is 5.69 Å². The van der Waals surface area contributed by atoms with Crippen LogP contribution >= 0.6 is 0 Å². The van der Waals surface area contributed by atoms with Crippen molar-refractivity contribution in [2.24, 2.45) is 0 Å². The van der Waals surface area contributed by atoms with Crippen LogP contribution in [-0.4, -0.2) is 36.6 Å². The van der Waals surface area contributed by atoms with Crippen LogP contribution in [0.15, 0.2) is 30.6 Å². The third-order valence-corrected chi connectivity index (χ3v) is 3.38. The van der Waals surface area contributed by atoms with Gasteiger partial charge >= 0.3 is 5.97 Å². The number of carbonyl (C=O) groups is 2. The van der Waals surface area contributed by atoms with Crippen LogP contribution < -0.4 is 5.32 Å². The van der Waals surface area contributed by atoms with Crippen LogP contribution in [0.4, 0.5) is 4.39 Å². The van der Waals surface area contributed by atoms with Crippen LogP contribution in [0.2, 0.25) is 0 Å². The van der Waals surface area contributed by atoms with Gasteiger partial charge in [-0.2, -0.15) is 14.6 Å². The lowest BCUT2D eigenvalue weighted by atomic mass is 10.1. The first-order chi connectivity index (χ1) is 11.5. The SMILES string of the molecule is Cc1cc(CNC(=O)c2cc(C(=O)O)nc3ncnn23)ccc1F. The van der Waals surface area contributed by atoms with Crippen LogP contribution in [-0.2, 0) is 6.54 Å². The highest BCUT2D eigenvalue weighted by molar-refractivity contribution is 5.95. The number of halogens is 1. The van der Waals surface area contributed by atoms with E-state index in [0.717, 1.165) is 10.6 Å². The minimum Gasteiger partial charge on any atom is -0.477 e. The van der Waals surface area contributed by atoms with Gasteiger partial charge in [-0.25, -0.2) is 14.2 Å². The number of rotatable bonds is 4. The Balaban J connectivity index is 1.86. The number of amides is 1. The predicted molar refractivity (Wildman–Crippen MR) is 80.0 cm³/mol. The van der Waals surface area contributed by atoms with E-state index >= 15 is 0 Å². The average molecular weight is 329 g/mol. The number of aryl methyl sites for hydroxylation is 1. The maximum atomic E-state index is 13.3. The Morgan fingerprint density at radius 2 is 2.12 bits per heavy atom. The largest absolute Gasteiger partial charge is 0.477 e. The maximum absolute atomic E-state index is 13.3. The van der Waals surface area contributed by atoms with E-state index in [9.17, 15) is 14.0 Å². The molecule has 3 aromatic rings. The first kappa shape index (κ1) is 15.5. The summed E-state index contributed by atoms with van der Waals surface area (Å²) in [5.74, 6) is -2.13. The summed E-state index contributed by atoms with van der Waals surface area (Å²) < 4.78 is 14.4. The Bertz CT molecular complexity index is 953. The third-order valence-electron chi connectivity index (χ3n) is 3.38. The molecule has 0 radical (unpaired) electrons. The first-order valence-corrected chi connectivity index (χ1v) is 6.93. The Morgan fingerprint density at radius 1 is 1.33 bits per heavy atom. The van der Waals surface area contributed by atoms with Gasteiger partial charge in [0.2, 0.25) is 0 Å². The van der Waals surface area contributed by atoms with Crippen LogP contribution in [0.25, 0.3) is 5.78 Å². The standard InChI is InChI=1S/C15H12FN5O3/c1-8-4-9(2-3-10(8)16)6-17-13(22)12-5-11(14(23)24)20-15-18-7-19-21(12)15/h2-5,7H,6H2,1H3,(H,17,22)(H,23,24). The molecule has 0 aliphatic rings. The van der Waals surface area contributed by atoms with Crippen molar-refractivity contribution >= 4 is 17.7 Å². The fourth-order valence-electron chi connectivity index (χ4n) is 2.17. The molecule has 0 fully saturated rings. The van der Waals surface area contributed by atoms with Crippen LogP contribution in [0.3, 0.4) is 0 Å². The number of carboxylic acids is 1. The topological polar surface area (TPSA) is 109 Å². The highest BCUT2D eigenvalue weighted by Crippen LogP contribution is 2.10. The van der Waals surface area contributed by atoms with Gasteiger partial charge in [-0.15, -0.1) is 0 Å². The van der Waals surface area contributed by atoms with Gasteiger partial charge in [-0.1, -0.05) is 12.1 Å². The maximum Gasteiger partial charge on any atom is 0.354 e. The van der Waals surface area contributed by atoms with Gasteiger partial charge in [0, 0.05) is 12.6 Å². The van der Waals surface area contributed by atoms with Gasteiger partial charge in [0.05, 0.1) is 0 Å². The summed E-state index contributed by atoms with van der Waals surface area (Å²) in [6.45, 7) is 1.78. The number of carbonyl (C=O) groups excluding carboxylic acids is 1. The zero-order chi connectivity index (χ0) is 17.3. The molecule has 0 saturated heterocycles. The summed E-state index contributed by atoms with van der Waals surface area (Å²) in [5.41, 5.74) is 0.870. The number of nitrogens with zero attached hydrogens (tertiary/aromatic N) is 4. The minimum absolute atomic E-state index is 0.00580. The minimum atomic E-state index is -1.27. The molecule has 0 spiro atoms. The van der Waals surface area contributed by atoms with Crippen molar-refractivity contribution in [1.82, 2.24) is 24.9 Å². The summed E-state index contributed by atoms with van der Waals surface area (Å²) in [6.07, 6.45) is 1.17. The highest BCUT2D eigenvalue weighted by Gasteiger charge is 2.17. The van der Waals surface area contributed by atoms with Crippen molar-refractivity contribution in [1.29, 1.82) is 0 Å². The summed E-state index contributed by atoms with van der Waals surface area (Å²) in [4.78, 5) is 31.1. The lowest BCUT2D eigenvalue weighted by Gasteiger charge is -2.08. The van der Waals surface area contributed by atoms with Crippen molar-refractivity contribution in [3.8, 4) is 0 Å². The summed E-state index contributed by atoms with van der Waals surface area (Å²) in [7, 11) is 0. The van der Waals surface area contributed by atoms with Crippen molar-refractivity contribution in [2.75, 3.05) is 0 Å². The number of hydrogen-bond acceptors (Lipinski definition) is 5. The smallest absolute Gasteiger partial charge is 0.354 e. The van der Waals surface area contributed by atoms with E-state index in [0.29, 0.717) is 11.1 Å². The Kier molecular flexibility index (Phi) is 3.90. The molecule has 2 heterocycles. The van der Waals surface area contributed by atoms with E-state index in [1.165, 1.54) is 12.4 Å². The quantitative estimate of drug-likeness (QED) is 0.744. The molecule has 9 heteroatoms. The molecule has 0 unspecified atom stereocenters. The van der Waals surface area contributed by atoms with E-state index in [1.54, 1.807) is 19.1 Å². The molecule has 2 aromatic heterocycles. The number of hydrogen-bond donors (Lipinski definition) is 2. The molecule has 0 aliphatic carbocycles.